The van der Waals surface area contributed by atoms with Crippen LogP contribution < -0.4 is 11.5 Å². The second kappa shape index (κ2) is 7.77. The van der Waals surface area contributed by atoms with Gasteiger partial charge < -0.3 is 16.6 Å². The lowest BCUT2D eigenvalue weighted by molar-refractivity contribution is -0.139. The Morgan fingerprint density at radius 1 is 1.15 bits per heavy atom. The molecule has 110 valence electrons. The first kappa shape index (κ1) is 16.3. The predicted molar refractivity (Wildman–Crippen MR) is 77.1 cm³/mol. The molecule has 0 amide bonds. The van der Waals surface area contributed by atoms with Gasteiger partial charge in [-0.3, -0.25) is 9.59 Å². The van der Waals surface area contributed by atoms with E-state index in [1.165, 1.54) is 0 Å². The van der Waals surface area contributed by atoms with Gasteiger partial charge in [0, 0.05) is 6.42 Å². The fraction of sp³-hybridized carbons (Fsp3) is 0.467. The molecular formula is C15H22N2O3. The summed E-state index contributed by atoms with van der Waals surface area (Å²) in [5, 5.41) is 8.73. The minimum atomic E-state index is -1.04. The summed E-state index contributed by atoms with van der Waals surface area (Å²) >= 11 is 0. The summed E-state index contributed by atoms with van der Waals surface area (Å²) < 4.78 is 0. The third kappa shape index (κ3) is 5.50. The van der Waals surface area contributed by atoms with Crippen molar-refractivity contribution < 1.29 is 14.7 Å². The predicted octanol–water partition coefficient (Wildman–Crippen LogP) is 0.954. The molecule has 0 saturated heterocycles. The Balaban J connectivity index is 2.43. The van der Waals surface area contributed by atoms with E-state index < -0.39 is 18.1 Å². The Morgan fingerprint density at radius 2 is 1.75 bits per heavy atom. The first-order chi connectivity index (χ1) is 9.40. The van der Waals surface area contributed by atoms with Gasteiger partial charge in [0.25, 0.3) is 0 Å². The maximum atomic E-state index is 12.0. The summed E-state index contributed by atoms with van der Waals surface area (Å²) in [4.78, 5) is 22.7. The molecule has 5 heteroatoms. The van der Waals surface area contributed by atoms with Crippen molar-refractivity contribution in [1.29, 1.82) is 0 Å². The van der Waals surface area contributed by atoms with Crippen LogP contribution in [0.5, 0.6) is 0 Å². The Bertz CT molecular complexity index is 448. The van der Waals surface area contributed by atoms with Crippen LogP contribution in [0.4, 0.5) is 0 Å². The maximum absolute atomic E-state index is 12.0. The standard InChI is InChI=1S/C15H22N2O3/c1-10(7-13(17)15(19)20)8-14(18)12(16)9-11-5-3-2-4-6-11/h2-6,10,12-13H,7-9,16-17H2,1H3,(H,19,20)/t10?,12?,13-/m0/s1. The number of carbonyl (C=O) groups excluding carboxylic acids is 1. The first-order valence-corrected chi connectivity index (χ1v) is 6.70. The molecule has 1 rings (SSSR count). The summed E-state index contributed by atoms with van der Waals surface area (Å²) in [5.74, 6) is -1.19. The van der Waals surface area contributed by atoms with E-state index in [0.29, 0.717) is 6.42 Å². The van der Waals surface area contributed by atoms with E-state index in [4.69, 9.17) is 16.6 Å². The molecule has 0 aromatic heterocycles. The lowest BCUT2D eigenvalue weighted by Crippen LogP contribution is -2.36. The quantitative estimate of drug-likeness (QED) is 0.656. The van der Waals surface area contributed by atoms with Crippen LogP contribution in [0.3, 0.4) is 0 Å². The van der Waals surface area contributed by atoms with Crippen molar-refractivity contribution in [3.63, 3.8) is 0 Å². The van der Waals surface area contributed by atoms with E-state index in [2.05, 4.69) is 0 Å². The number of hydrogen-bond donors (Lipinski definition) is 3. The monoisotopic (exact) mass is 278 g/mol. The lowest BCUT2D eigenvalue weighted by Gasteiger charge is -2.16. The van der Waals surface area contributed by atoms with Crippen molar-refractivity contribution in [1.82, 2.24) is 0 Å². The lowest BCUT2D eigenvalue weighted by atomic mass is 9.92. The van der Waals surface area contributed by atoms with E-state index in [1.807, 2.05) is 37.3 Å². The number of rotatable bonds is 8. The molecule has 20 heavy (non-hydrogen) atoms. The van der Waals surface area contributed by atoms with Gasteiger partial charge in [-0.25, -0.2) is 0 Å². The van der Waals surface area contributed by atoms with Gasteiger partial charge in [-0.2, -0.15) is 0 Å². The topological polar surface area (TPSA) is 106 Å². The van der Waals surface area contributed by atoms with Crippen LogP contribution in [0.15, 0.2) is 30.3 Å². The number of carboxylic acid groups (broad SMARTS) is 1. The fourth-order valence-corrected chi connectivity index (χ4v) is 2.09. The number of carbonyl (C=O) groups is 2. The molecule has 0 radical (unpaired) electrons. The highest BCUT2D eigenvalue weighted by Crippen LogP contribution is 2.13. The number of aliphatic carboxylic acids is 1. The van der Waals surface area contributed by atoms with Crippen molar-refractivity contribution in [2.45, 2.75) is 38.3 Å². The van der Waals surface area contributed by atoms with Crippen LogP contribution in [0.2, 0.25) is 0 Å². The van der Waals surface area contributed by atoms with Crippen molar-refractivity contribution in [3.05, 3.63) is 35.9 Å². The molecular weight excluding hydrogens is 256 g/mol. The van der Waals surface area contributed by atoms with Gasteiger partial charge in [-0.15, -0.1) is 0 Å². The van der Waals surface area contributed by atoms with Crippen LogP contribution in [0.1, 0.15) is 25.3 Å². The number of Topliss-reactive ketones (excluding diaryl/α,β-unsaturated/α-hetero) is 1. The minimum Gasteiger partial charge on any atom is -0.480 e. The zero-order chi connectivity index (χ0) is 15.1. The summed E-state index contributed by atoms with van der Waals surface area (Å²) in [6.45, 7) is 1.82. The largest absolute Gasteiger partial charge is 0.480 e. The van der Waals surface area contributed by atoms with Gasteiger partial charge in [0.05, 0.1) is 6.04 Å². The molecule has 0 aliphatic carbocycles. The molecule has 0 aliphatic heterocycles. The number of ketones is 1. The fourth-order valence-electron chi connectivity index (χ4n) is 2.09. The summed E-state index contributed by atoms with van der Waals surface area (Å²) in [5.41, 5.74) is 12.4. The number of benzene rings is 1. The zero-order valence-electron chi connectivity index (χ0n) is 11.7. The van der Waals surface area contributed by atoms with Crippen LogP contribution in [0.25, 0.3) is 0 Å². The van der Waals surface area contributed by atoms with E-state index >= 15 is 0 Å². The molecule has 3 atom stereocenters. The second-order valence-corrected chi connectivity index (χ2v) is 5.25. The highest BCUT2D eigenvalue weighted by molar-refractivity contribution is 5.84. The highest BCUT2D eigenvalue weighted by atomic mass is 16.4. The highest BCUT2D eigenvalue weighted by Gasteiger charge is 2.21. The van der Waals surface area contributed by atoms with E-state index in [9.17, 15) is 9.59 Å². The molecule has 5 N–H and O–H groups in total. The molecule has 0 bridgehead atoms. The van der Waals surface area contributed by atoms with Gasteiger partial charge in [0.2, 0.25) is 0 Å². The minimum absolute atomic E-state index is 0.0565. The number of hydrogen-bond acceptors (Lipinski definition) is 4. The first-order valence-electron chi connectivity index (χ1n) is 6.70. The number of carboxylic acids is 1. The van der Waals surface area contributed by atoms with Crippen molar-refractivity contribution >= 4 is 11.8 Å². The Hall–Kier alpha value is -1.72. The molecule has 0 saturated carbocycles. The Morgan fingerprint density at radius 3 is 2.30 bits per heavy atom. The Kier molecular flexibility index (Phi) is 6.35. The molecule has 1 aromatic rings. The average molecular weight is 278 g/mol. The molecule has 0 heterocycles. The van der Waals surface area contributed by atoms with Crippen LogP contribution >= 0.6 is 0 Å². The molecule has 1 aromatic carbocycles. The molecule has 0 spiro atoms. The average Bonchev–Trinajstić information content (AvgIpc) is 2.39. The normalized spacial score (nSPS) is 15.3. The van der Waals surface area contributed by atoms with E-state index in [-0.39, 0.29) is 24.5 Å². The summed E-state index contributed by atoms with van der Waals surface area (Å²) in [6, 6.07) is 8.09. The maximum Gasteiger partial charge on any atom is 0.320 e. The second-order valence-electron chi connectivity index (χ2n) is 5.25. The summed E-state index contributed by atoms with van der Waals surface area (Å²) in [6.07, 6.45) is 1.03. The van der Waals surface area contributed by atoms with Gasteiger partial charge >= 0.3 is 5.97 Å². The summed E-state index contributed by atoms with van der Waals surface area (Å²) in [7, 11) is 0. The zero-order valence-corrected chi connectivity index (χ0v) is 11.7. The third-order valence-electron chi connectivity index (χ3n) is 3.24. The third-order valence-corrected chi connectivity index (χ3v) is 3.24. The molecule has 2 unspecified atom stereocenters. The van der Waals surface area contributed by atoms with Gasteiger partial charge in [0.1, 0.15) is 11.8 Å². The Labute approximate surface area is 119 Å². The molecule has 0 fully saturated rings. The van der Waals surface area contributed by atoms with E-state index in [0.717, 1.165) is 5.56 Å². The van der Waals surface area contributed by atoms with Crippen molar-refractivity contribution in [2.75, 3.05) is 0 Å². The van der Waals surface area contributed by atoms with Crippen LogP contribution in [0, 0.1) is 5.92 Å². The molecule has 5 nitrogen and oxygen atoms in total. The smallest absolute Gasteiger partial charge is 0.320 e. The number of nitrogens with two attached hydrogens (primary N) is 2. The van der Waals surface area contributed by atoms with Crippen LogP contribution in [-0.2, 0) is 16.0 Å². The SMILES string of the molecule is CC(CC(=O)C(N)Cc1ccccc1)C[C@H](N)C(=O)O. The van der Waals surface area contributed by atoms with Gasteiger partial charge in [-0.05, 0) is 24.3 Å². The van der Waals surface area contributed by atoms with Gasteiger partial charge in [0.15, 0.2) is 0 Å². The molecule has 0 aliphatic rings. The van der Waals surface area contributed by atoms with Crippen molar-refractivity contribution in [2.24, 2.45) is 17.4 Å². The van der Waals surface area contributed by atoms with Gasteiger partial charge in [-0.1, -0.05) is 37.3 Å². The van der Waals surface area contributed by atoms with E-state index in [1.54, 1.807) is 0 Å². The van der Waals surface area contributed by atoms with Crippen molar-refractivity contribution in [3.8, 4) is 0 Å². The van der Waals surface area contributed by atoms with Crippen LogP contribution in [-0.4, -0.2) is 28.9 Å².